The van der Waals surface area contributed by atoms with E-state index in [0.29, 0.717) is 48.1 Å². The summed E-state index contributed by atoms with van der Waals surface area (Å²) in [4.78, 5) is 23.7. The van der Waals surface area contributed by atoms with Crippen molar-refractivity contribution in [3.8, 4) is 11.5 Å². The second-order valence-corrected chi connectivity index (χ2v) is 6.63. The molecule has 2 N–H and O–H groups in total. The standard InChI is InChI=1S/C18H24ClNO5/c1-3-8-25-16-13(19)9-12(10-14(16)24-4-2)17(23)20-18(6-5-7-18)11-15(21)22/h9-10H,3-8,11H2,1-2H3,(H,20,23)(H,21,22). The van der Waals surface area contributed by atoms with Crippen LogP contribution >= 0.6 is 11.6 Å². The van der Waals surface area contributed by atoms with Gasteiger partial charge in [-0.15, -0.1) is 0 Å². The van der Waals surface area contributed by atoms with Crippen molar-refractivity contribution in [1.82, 2.24) is 5.32 Å². The number of rotatable bonds is 9. The van der Waals surface area contributed by atoms with Gasteiger partial charge >= 0.3 is 5.97 Å². The number of carboxylic acid groups (broad SMARTS) is 1. The van der Waals surface area contributed by atoms with E-state index in [1.54, 1.807) is 6.07 Å². The number of nitrogens with one attached hydrogen (secondary N) is 1. The Morgan fingerprint density at radius 2 is 2.00 bits per heavy atom. The maximum Gasteiger partial charge on any atom is 0.305 e. The van der Waals surface area contributed by atoms with Gasteiger partial charge < -0.3 is 19.9 Å². The Morgan fingerprint density at radius 1 is 1.28 bits per heavy atom. The molecule has 7 heteroatoms. The summed E-state index contributed by atoms with van der Waals surface area (Å²) in [6.45, 7) is 4.72. The lowest BCUT2D eigenvalue weighted by Gasteiger charge is -2.41. The monoisotopic (exact) mass is 369 g/mol. The van der Waals surface area contributed by atoms with Crippen LogP contribution in [-0.4, -0.2) is 35.7 Å². The second-order valence-electron chi connectivity index (χ2n) is 6.23. The molecule has 6 nitrogen and oxygen atoms in total. The topological polar surface area (TPSA) is 84.9 Å². The number of aliphatic carboxylic acids is 1. The molecule has 0 heterocycles. The van der Waals surface area contributed by atoms with E-state index < -0.39 is 11.5 Å². The summed E-state index contributed by atoms with van der Waals surface area (Å²) in [6.07, 6.45) is 2.97. The molecule has 0 radical (unpaired) electrons. The van der Waals surface area contributed by atoms with Gasteiger partial charge in [0.05, 0.1) is 30.2 Å². The Balaban J connectivity index is 2.22. The molecule has 0 bridgehead atoms. The highest BCUT2D eigenvalue weighted by Crippen LogP contribution is 2.38. The van der Waals surface area contributed by atoms with Gasteiger partial charge in [0.2, 0.25) is 0 Å². The average molecular weight is 370 g/mol. The van der Waals surface area contributed by atoms with Gasteiger partial charge in [0.25, 0.3) is 5.91 Å². The number of hydrogen-bond donors (Lipinski definition) is 2. The van der Waals surface area contributed by atoms with Gasteiger partial charge in [0, 0.05) is 5.56 Å². The summed E-state index contributed by atoms with van der Waals surface area (Å²) < 4.78 is 11.2. The SMILES string of the molecule is CCCOc1c(Cl)cc(C(=O)NC2(CC(=O)O)CCC2)cc1OCC. The number of halogens is 1. The van der Waals surface area contributed by atoms with Gasteiger partial charge in [-0.1, -0.05) is 18.5 Å². The molecule has 0 atom stereocenters. The fourth-order valence-corrected chi connectivity index (χ4v) is 3.12. The maximum absolute atomic E-state index is 12.6. The first-order chi connectivity index (χ1) is 11.9. The fraction of sp³-hybridized carbons (Fsp3) is 0.556. The molecule has 2 rings (SSSR count). The number of carbonyl (C=O) groups is 2. The Hall–Kier alpha value is -1.95. The number of hydrogen-bond acceptors (Lipinski definition) is 4. The number of amides is 1. The van der Waals surface area contributed by atoms with Crippen molar-refractivity contribution in [2.45, 2.75) is 51.5 Å². The van der Waals surface area contributed by atoms with Gasteiger partial charge in [0.15, 0.2) is 11.5 Å². The van der Waals surface area contributed by atoms with Gasteiger partial charge in [-0.25, -0.2) is 0 Å². The van der Waals surface area contributed by atoms with Crippen LogP contribution in [-0.2, 0) is 4.79 Å². The summed E-state index contributed by atoms with van der Waals surface area (Å²) in [6, 6.07) is 3.11. The van der Waals surface area contributed by atoms with E-state index in [-0.39, 0.29) is 12.3 Å². The smallest absolute Gasteiger partial charge is 0.305 e. The lowest BCUT2D eigenvalue weighted by Crippen LogP contribution is -2.54. The van der Waals surface area contributed by atoms with Gasteiger partial charge in [-0.2, -0.15) is 0 Å². The van der Waals surface area contributed by atoms with E-state index in [1.165, 1.54) is 6.07 Å². The molecule has 0 aromatic heterocycles. The molecule has 0 aliphatic heterocycles. The second kappa shape index (κ2) is 8.43. The van der Waals surface area contributed by atoms with Crippen LogP contribution in [0.5, 0.6) is 11.5 Å². The van der Waals surface area contributed by atoms with Crippen LogP contribution in [0.1, 0.15) is 56.3 Å². The van der Waals surface area contributed by atoms with Crippen molar-refractivity contribution in [3.05, 3.63) is 22.7 Å². The van der Waals surface area contributed by atoms with E-state index in [0.717, 1.165) is 12.8 Å². The van der Waals surface area contributed by atoms with Crippen LogP contribution in [0.4, 0.5) is 0 Å². The third kappa shape index (κ3) is 4.78. The average Bonchev–Trinajstić information content (AvgIpc) is 2.51. The van der Waals surface area contributed by atoms with Crippen molar-refractivity contribution in [2.24, 2.45) is 0 Å². The Kier molecular flexibility index (Phi) is 6.53. The van der Waals surface area contributed by atoms with Gasteiger partial charge in [-0.05, 0) is 44.7 Å². The van der Waals surface area contributed by atoms with Crippen LogP contribution in [0.2, 0.25) is 5.02 Å². The summed E-state index contributed by atoms with van der Waals surface area (Å²) in [7, 11) is 0. The van der Waals surface area contributed by atoms with Crippen LogP contribution in [0, 0.1) is 0 Å². The lowest BCUT2D eigenvalue weighted by molar-refractivity contribution is -0.139. The molecule has 138 valence electrons. The van der Waals surface area contributed by atoms with Crippen molar-refractivity contribution < 1.29 is 24.2 Å². The first-order valence-corrected chi connectivity index (χ1v) is 8.92. The minimum Gasteiger partial charge on any atom is -0.490 e. The first-order valence-electron chi connectivity index (χ1n) is 8.54. The molecule has 0 spiro atoms. The summed E-state index contributed by atoms with van der Waals surface area (Å²) in [5, 5.41) is 12.2. The Labute approximate surface area is 152 Å². The van der Waals surface area contributed by atoms with Gasteiger partial charge in [0.1, 0.15) is 0 Å². The molecule has 1 aliphatic rings. The molecule has 25 heavy (non-hydrogen) atoms. The van der Waals surface area contributed by atoms with Crippen molar-refractivity contribution in [3.63, 3.8) is 0 Å². The molecule has 1 fully saturated rings. The Morgan fingerprint density at radius 3 is 2.52 bits per heavy atom. The normalized spacial score (nSPS) is 15.2. The van der Waals surface area contributed by atoms with Crippen LogP contribution in [0.15, 0.2) is 12.1 Å². The van der Waals surface area contributed by atoms with Crippen LogP contribution in [0.25, 0.3) is 0 Å². The summed E-state index contributed by atoms with van der Waals surface area (Å²) >= 11 is 6.27. The highest BCUT2D eigenvalue weighted by atomic mass is 35.5. The zero-order valence-electron chi connectivity index (χ0n) is 14.6. The maximum atomic E-state index is 12.6. The van der Waals surface area contributed by atoms with E-state index in [9.17, 15) is 9.59 Å². The third-order valence-corrected chi connectivity index (χ3v) is 4.48. The predicted octanol–water partition coefficient (Wildman–Crippen LogP) is 3.65. The minimum atomic E-state index is -0.920. The lowest BCUT2D eigenvalue weighted by atomic mass is 9.74. The number of benzene rings is 1. The molecular formula is C18H24ClNO5. The van der Waals surface area contributed by atoms with Crippen LogP contribution in [0.3, 0.4) is 0 Å². The quantitative estimate of drug-likeness (QED) is 0.694. The van der Waals surface area contributed by atoms with Crippen molar-refractivity contribution in [1.29, 1.82) is 0 Å². The van der Waals surface area contributed by atoms with Crippen molar-refractivity contribution in [2.75, 3.05) is 13.2 Å². The number of carbonyl (C=O) groups excluding carboxylic acids is 1. The zero-order valence-corrected chi connectivity index (χ0v) is 15.3. The molecule has 1 aliphatic carbocycles. The number of ether oxygens (including phenoxy) is 2. The predicted molar refractivity (Wildman–Crippen MR) is 94.7 cm³/mol. The van der Waals surface area contributed by atoms with E-state index in [1.807, 2.05) is 13.8 Å². The zero-order chi connectivity index (χ0) is 18.4. The molecular weight excluding hydrogens is 346 g/mol. The number of carboxylic acids is 1. The van der Waals surface area contributed by atoms with Gasteiger partial charge in [-0.3, -0.25) is 9.59 Å². The third-order valence-electron chi connectivity index (χ3n) is 4.20. The van der Waals surface area contributed by atoms with E-state index in [4.69, 9.17) is 26.2 Å². The van der Waals surface area contributed by atoms with E-state index in [2.05, 4.69) is 5.32 Å². The fourth-order valence-electron chi connectivity index (χ4n) is 2.86. The highest BCUT2D eigenvalue weighted by molar-refractivity contribution is 6.32. The largest absolute Gasteiger partial charge is 0.490 e. The first kappa shape index (κ1) is 19.4. The van der Waals surface area contributed by atoms with Crippen LogP contribution < -0.4 is 14.8 Å². The summed E-state index contributed by atoms with van der Waals surface area (Å²) in [5.74, 6) is -0.442. The van der Waals surface area contributed by atoms with E-state index >= 15 is 0 Å². The Bertz CT molecular complexity index is 643. The molecule has 1 aromatic rings. The molecule has 1 amide bonds. The summed E-state index contributed by atoms with van der Waals surface area (Å²) in [5.41, 5.74) is -0.340. The van der Waals surface area contributed by atoms with Crippen molar-refractivity contribution >= 4 is 23.5 Å². The molecule has 1 saturated carbocycles. The minimum absolute atomic E-state index is 0.0809. The molecule has 0 saturated heterocycles. The molecule has 0 unspecified atom stereocenters. The molecule has 1 aromatic carbocycles. The highest BCUT2D eigenvalue weighted by Gasteiger charge is 2.40.